The number of urea groups is 1. The average Bonchev–Trinajstić information content (AvgIpc) is 3.01. The molecular formula is C15H14F5N3O3. The number of amides is 2. The van der Waals surface area contributed by atoms with Crippen molar-refractivity contribution in [3.8, 4) is 5.75 Å². The number of benzene rings is 1. The van der Waals surface area contributed by atoms with Crippen LogP contribution in [0.5, 0.6) is 5.75 Å². The molecule has 2 aromatic rings. The lowest BCUT2D eigenvalue weighted by Crippen LogP contribution is -2.32. The van der Waals surface area contributed by atoms with Crippen molar-refractivity contribution in [2.45, 2.75) is 32.2 Å². The van der Waals surface area contributed by atoms with E-state index >= 15 is 0 Å². The molecule has 2 N–H and O–H groups in total. The second-order valence-electron chi connectivity index (χ2n) is 5.05. The Labute approximate surface area is 144 Å². The van der Waals surface area contributed by atoms with Gasteiger partial charge in [0, 0.05) is 11.6 Å². The van der Waals surface area contributed by atoms with Gasteiger partial charge in [-0.25, -0.2) is 4.79 Å². The van der Waals surface area contributed by atoms with Crippen LogP contribution >= 0.6 is 0 Å². The smallest absolute Gasteiger partial charge is 0.434 e. The molecule has 6 nitrogen and oxygen atoms in total. The number of hydrogen-bond donors (Lipinski definition) is 2. The molecule has 142 valence electrons. The predicted octanol–water partition coefficient (Wildman–Crippen LogP) is 4.57. The third-order valence-corrected chi connectivity index (χ3v) is 3.26. The first-order chi connectivity index (χ1) is 12.2. The second-order valence-corrected chi connectivity index (χ2v) is 5.05. The quantitative estimate of drug-likeness (QED) is 0.721. The van der Waals surface area contributed by atoms with Crippen LogP contribution in [0.4, 0.5) is 32.6 Å². The number of hydrogen-bond acceptors (Lipinski definition) is 4. The normalized spacial score (nSPS) is 12.7. The van der Waals surface area contributed by atoms with E-state index in [0.717, 1.165) is 0 Å². The maximum Gasteiger partial charge on any atom is 0.436 e. The van der Waals surface area contributed by atoms with E-state index in [-0.39, 0.29) is 5.75 Å². The zero-order valence-corrected chi connectivity index (χ0v) is 13.3. The van der Waals surface area contributed by atoms with Crippen molar-refractivity contribution in [3.63, 3.8) is 0 Å². The first kappa shape index (κ1) is 19.5. The number of carbonyl (C=O) groups excluding carboxylic acids is 1. The first-order valence-electron chi connectivity index (χ1n) is 7.36. The predicted molar refractivity (Wildman–Crippen MR) is 79.8 cm³/mol. The van der Waals surface area contributed by atoms with Gasteiger partial charge in [0.25, 0.3) is 0 Å². The molecule has 0 saturated heterocycles. The minimum Gasteiger partial charge on any atom is -0.434 e. The maximum absolute atomic E-state index is 12.5. The number of ether oxygens (including phenoxy) is 1. The molecule has 0 aliphatic rings. The zero-order chi connectivity index (χ0) is 19.3. The van der Waals surface area contributed by atoms with Gasteiger partial charge < -0.3 is 14.6 Å². The summed E-state index contributed by atoms with van der Waals surface area (Å²) in [4.78, 5) is 12.0. The lowest BCUT2D eigenvalue weighted by atomic mass is 10.0. The van der Waals surface area contributed by atoms with Gasteiger partial charge >= 0.3 is 18.8 Å². The summed E-state index contributed by atoms with van der Waals surface area (Å²) in [6.45, 7) is -1.36. The van der Waals surface area contributed by atoms with Crippen molar-refractivity contribution < 1.29 is 36.0 Å². The third-order valence-electron chi connectivity index (χ3n) is 3.26. The fraction of sp³-hybridized carbons (Fsp3) is 0.333. The number of alkyl halides is 5. The average molecular weight is 379 g/mol. The molecule has 1 aromatic carbocycles. The highest BCUT2D eigenvalue weighted by molar-refractivity contribution is 5.88. The molecule has 0 spiro atoms. The minimum atomic E-state index is -4.71. The molecule has 0 saturated carbocycles. The summed E-state index contributed by atoms with van der Waals surface area (Å²) in [6, 6.07) is 4.76. The van der Waals surface area contributed by atoms with Crippen molar-refractivity contribution in [2.75, 3.05) is 5.32 Å². The van der Waals surface area contributed by atoms with Crippen LogP contribution in [-0.4, -0.2) is 17.8 Å². The minimum absolute atomic E-state index is 0.117. The molecule has 1 aromatic heterocycles. The van der Waals surface area contributed by atoms with Crippen LogP contribution in [0.25, 0.3) is 0 Å². The topological polar surface area (TPSA) is 76.4 Å². The van der Waals surface area contributed by atoms with Crippen LogP contribution in [0.3, 0.4) is 0 Å². The van der Waals surface area contributed by atoms with Gasteiger partial charge in [0.05, 0.1) is 6.04 Å². The van der Waals surface area contributed by atoms with E-state index in [1.165, 1.54) is 18.2 Å². The summed E-state index contributed by atoms with van der Waals surface area (Å²) in [5.41, 5.74) is -1.01. The van der Waals surface area contributed by atoms with Crippen LogP contribution in [0.2, 0.25) is 0 Å². The molecule has 2 amide bonds. The van der Waals surface area contributed by atoms with Gasteiger partial charge in [-0.05, 0) is 12.5 Å². The SMILES string of the molecule is CCC(NC(=O)Nc1cc(C(F)(F)F)no1)c1ccccc1OC(F)F. The number of nitrogens with one attached hydrogen (secondary N) is 2. The summed E-state index contributed by atoms with van der Waals surface area (Å²) in [5, 5.41) is 7.31. The highest BCUT2D eigenvalue weighted by Crippen LogP contribution is 2.30. The van der Waals surface area contributed by atoms with Gasteiger partial charge in [-0.2, -0.15) is 22.0 Å². The Morgan fingerprint density at radius 3 is 2.58 bits per heavy atom. The molecule has 0 radical (unpaired) electrons. The maximum atomic E-state index is 12.5. The lowest BCUT2D eigenvalue weighted by Gasteiger charge is -2.20. The largest absolute Gasteiger partial charge is 0.436 e. The number of rotatable bonds is 6. The van der Waals surface area contributed by atoms with Crippen molar-refractivity contribution in [3.05, 3.63) is 41.6 Å². The van der Waals surface area contributed by atoms with Crippen molar-refractivity contribution in [1.29, 1.82) is 0 Å². The van der Waals surface area contributed by atoms with Gasteiger partial charge in [0.2, 0.25) is 5.88 Å². The van der Waals surface area contributed by atoms with Crippen molar-refractivity contribution >= 4 is 11.9 Å². The van der Waals surface area contributed by atoms with Gasteiger partial charge in [-0.15, -0.1) is 0 Å². The molecular weight excluding hydrogens is 365 g/mol. The van der Waals surface area contributed by atoms with Gasteiger partial charge in [0.15, 0.2) is 5.69 Å². The summed E-state index contributed by atoms with van der Waals surface area (Å²) in [5.74, 6) is -0.629. The van der Waals surface area contributed by atoms with Gasteiger partial charge in [-0.3, -0.25) is 5.32 Å². The molecule has 2 rings (SSSR count). The van der Waals surface area contributed by atoms with E-state index in [1.54, 1.807) is 13.0 Å². The summed E-state index contributed by atoms with van der Waals surface area (Å²) in [6.07, 6.45) is -4.40. The van der Waals surface area contributed by atoms with Crippen molar-refractivity contribution in [1.82, 2.24) is 10.5 Å². The molecule has 0 aliphatic heterocycles. The first-order valence-corrected chi connectivity index (χ1v) is 7.36. The third kappa shape index (κ3) is 5.07. The Balaban J connectivity index is 2.08. The van der Waals surface area contributed by atoms with E-state index < -0.39 is 36.4 Å². The number of anilines is 1. The van der Waals surface area contributed by atoms with E-state index in [2.05, 4.69) is 25.1 Å². The number of nitrogens with zero attached hydrogens (tertiary/aromatic N) is 1. The standard InChI is InChI=1S/C15H14F5N3O3/c1-2-9(8-5-3-4-6-10(8)25-13(16)17)21-14(24)22-12-7-11(23-26-12)15(18,19)20/h3-7,9,13H,2H2,1H3,(H2,21,22,24). The molecule has 1 heterocycles. The molecule has 26 heavy (non-hydrogen) atoms. The molecule has 0 fully saturated rings. The number of aromatic nitrogens is 1. The Kier molecular flexibility index (Phi) is 6.01. The number of carbonyl (C=O) groups is 1. The molecule has 0 bridgehead atoms. The fourth-order valence-electron chi connectivity index (χ4n) is 2.15. The molecule has 11 heteroatoms. The van der Waals surface area contributed by atoms with E-state index in [9.17, 15) is 26.7 Å². The van der Waals surface area contributed by atoms with E-state index in [4.69, 9.17) is 0 Å². The number of para-hydroxylation sites is 1. The summed E-state index contributed by atoms with van der Waals surface area (Å²) >= 11 is 0. The van der Waals surface area contributed by atoms with Crippen LogP contribution in [-0.2, 0) is 6.18 Å². The zero-order valence-electron chi connectivity index (χ0n) is 13.3. The highest BCUT2D eigenvalue weighted by atomic mass is 19.4. The van der Waals surface area contributed by atoms with Gasteiger partial charge in [-0.1, -0.05) is 30.3 Å². The Hall–Kier alpha value is -2.85. The summed E-state index contributed by atoms with van der Waals surface area (Å²) in [7, 11) is 0. The Morgan fingerprint density at radius 2 is 2.00 bits per heavy atom. The lowest BCUT2D eigenvalue weighted by molar-refractivity contribution is -0.142. The van der Waals surface area contributed by atoms with Crippen LogP contribution in [0.1, 0.15) is 30.6 Å². The Bertz CT molecular complexity index is 748. The number of halogens is 5. The van der Waals surface area contributed by atoms with Crippen LogP contribution in [0.15, 0.2) is 34.9 Å². The molecule has 1 unspecified atom stereocenters. The van der Waals surface area contributed by atoms with E-state index in [0.29, 0.717) is 18.1 Å². The molecule has 0 aliphatic carbocycles. The van der Waals surface area contributed by atoms with E-state index in [1.807, 2.05) is 0 Å². The van der Waals surface area contributed by atoms with Crippen LogP contribution < -0.4 is 15.4 Å². The van der Waals surface area contributed by atoms with Gasteiger partial charge in [0.1, 0.15) is 5.75 Å². The highest BCUT2D eigenvalue weighted by Gasteiger charge is 2.35. The second kappa shape index (κ2) is 8.02. The monoisotopic (exact) mass is 379 g/mol. The summed E-state index contributed by atoms with van der Waals surface area (Å²) < 4.78 is 71.1. The van der Waals surface area contributed by atoms with Crippen LogP contribution in [0, 0.1) is 0 Å². The van der Waals surface area contributed by atoms with Crippen molar-refractivity contribution in [2.24, 2.45) is 0 Å². The Morgan fingerprint density at radius 1 is 1.31 bits per heavy atom. The fourth-order valence-corrected chi connectivity index (χ4v) is 2.15. The molecule has 1 atom stereocenters.